The minimum Gasteiger partial charge on any atom is -0.371 e. The van der Waals surface area contributed by atoms with E-state index in [1.165, 1.54) is 12.1 Å². The molecule has 0 unspecified atom stereocenters. The van der Waals surface area contributed by atoms with Crippen molar-refractivity contribution in [1.82, 2.24) is 4.90 Å². The second kappa shape index (κ2) is 5.85. The van der Waals surface area contributed by atoms with Crippen molar-refractivity contribution in [3.63, 3.8) is 0 Å². The minimum absolute atomic E-state index is 0.0147. The maximum Gasteiger partial charge on any atom is 0.280 e. The standard InChI is InChI=1S/C19H16N2O6/c22-18-17-16(13-6-8-14(9-7-13)21(23)24)26-19(27-17)11-25-10-15(20(18)19)12-4-2-1-3-5-12/h1-9,15-17H,10-11H2/t15-,16-,17+,19+/m1/s1. The molecule has 8 nitrogen and oxygen atoms in total. The zero-order valence-electron chi connectivity index (χ0n) is 14.2. The molecule has 5 rings (SSSR count). The molecule has 1 amide bonds. The molecule has 2 bridgehead atoms. The van der Waals surface area contributed by atoms with Gasteiger partial charge in [0.1, 0.15) is 12.7 Å². The highest BCUT2D eigenvalue weighted by molar-refractivity contribution is 5.85. The van der Waals surface area contributed by atoms with Crippen molar-refractivity contribution in [3.8, 4) is 0 Å². The van der Waals surface area contributed by atoms with Crippen LogP contribution in [0.1, 0.15) is 23.3 Å². The molecule has 3 fully saturated rings. The first kappa shape index (κ1) is 16.4. The predicted molar refractivity (Wildman–Crippen MR) is 91.4 cm³/mol. The van der Waals surface area contributed by atoms with Gasteiger partial charge < -0.3 is 14.2 Å². The van der Waals surface area contributed by atoms with Crippen LogP contribution in [0.4, 0.5) is 5.69 Å². The summed E-state index contributed by atoms with van der Waals surface area (Å²) >= 11 is 0. The van der Waals surface area contributed by atoms with E-state index in [9.17, 15) is 14.9 Å². The van der Waals surface area contributed by atoms with E-state index in [-0.39, 0.29) is 24.2 Å². The number of nitro groups is 1. The molecule has 1 spiro atoms. The first-order chi connectivity index (χ1) is 13.1. The Morgan fingerprint density at radius 3 is 2.41 bits per heavy atom. The zero-order chi connectivity index (χ0) is 18.6. The van der Waals surface area contributed by atoms with Gasteiger partial charge >= 0.3 is 0 Å². The van der Waals surface area contributed by atoms with E-state index < -0.39 is 23.0 Å². The van der Waals surface area contributed by atoms with Crippen molar-refractivity contribution in [1.29, 1.82) is 0 Å². The van der Waals surface area contributed by atoms with Gasteiger partial charge in [-0.1, -0.05) is 30.3 Å². The van der Waals surface area contributed by atoms with Crippen LogP contribution in [0.3, 0.4) is 0 Å². The van der Waals surface area contributed by atoms with Crippen LogP contribution in [0, 0.1) is 10.1 Å². The maximum absolute atomic E-state index is 13.1. The van der Waals surface area contributed by atoms with Crippen molar-refractivity contribution in [2.75, 3.05) is 13.2 Å². The fraction of sp³-hybridized carbons (Fsp3) is 0.316. The predicted octanol–water partition coefficient (Wildman–Crippen LogP) is 2.32. The number of rotatable bonds is 3. The average molecular weight is 368 g/mol. The number of morpholine rings is 1. The Morgan fingerprint density at radius 1 is 1.00 bits per heavy atom. The van der Waals surface area contributed by atoms with Gasteiger partial charge in [-0.05, 0) is 23.3 Å². The molecule has 0 aromatic heterocycles. The Kier molecular flexibility index (Phi) is 3.55. The Bertz CT molecular complexity index is 902. The summed E-state index contributed by atoms with van der Waals surface area (Å²) in [5.41, 5.74) is 1.60. The minimum atomic E-state index is -1.26. The number of hydrogen-bond acceptors (Lipinski definition) is 6. The molecule has 0 radical (unpaired) electrons. The van der Waals surface area contributed by atoms with E-state index in [1.54, 1.807) is 17.0 Å². The SMILES string of the molecule is O=C1[C@H]2O[C@]3(COC[C@H](c4ccccc4)N13)O[C@@H]2c1ccc([N+](=O)[O-])cc1. The highest BCUT2D eigenvalue weighted by Gasteiger charge is 2.67. The molecule has 3 aliphatic heterocycles. The lowest BCUT2D eigenvalue weighted by Crippen LogP contribution is -2.59. The van der Waals surface area contributed by atoms with Gasteiger partial charge in [-0.2, -0.15) is 0 Å². The van der Waals surface area contributed by atoms with Crippen LogP contribution in [0.5, 0.6) is 0 Å². The second-order valence-electron chi connectivity index (χ2n) is 6.79. The van der Waals surface area contributed by atoms with E-state index >= 15 is 0 Å². The number of hydrogen-bond donors (Lipinski definition) is 0. The number of amides is 1. The summed E-state index contributed by atoms with van der Waals surface area (Å²) in [6, 6.07) is 15.3. The molecule has 0 N–H and O–H groups in total. The summed E-state index contributed by atoms with van der Waals surface area (Å²) in [6.45, 7) is 0.501. The monoisotopic (exact) mass is 368 g/mol. The molecule has 2 aromatic rings. The molecular weight excluding hydrogens is 352 g/mol. The van der Waals surface area contributed by atoms with Crippen molar-refractivity contribution in [2.45, 2.75) is 24.2 Å². The van der Waals surface area contributed by atoms with Crippen LogP contribution in [0.2, 0.25) is 0 Å². The number of nitro benzene ring substituents is 1. The van der Waals surface area contributed by atoms with Crippen molar-refractivity contribution in [3.05, 3.63) is 75.8 Å². The summed E-state index contributed by atoms with van der Waals surface area (Å²) in [7, 11) is 0. The largest absolute Gasteiger partial charge is 0.371 e. The first-order valence-electron chi connectivity index (χ1n) is 8.65. The highest BCUT2D eigenvalue weighted by atomic mass is 16.8. The van der Waals surface area contributed by atoms with Crippen LogP contribution in [0.15, 0.2) is 54.6 Å². The first-order valence-corrected chi connectivity index (χ1v) is 8.65. The van der Waals surface area contributed by atoms with Crippen LogP contribution in [-0.2, 0) is 19.0 Å². The molecule has 138 valence electrons. The van der Waals surface area contributed by atoms with Gasteiger partial charge in [0.15, 0.2) is 6.10 Å². The average Bonchev–Trinajstić information content (AvgIpc) is 3.21. The fourth-order valence-corrected chi connectivity index (χ4v) is 4.00. The number of non-ortho nitro benzene ring substituents is 1. The van der Waals surface area contributed by atoms with E-state index in [2.05, 4.69) is 0 Å². The Hall–Kier alpha value is -2.81. The fourth-order valence-electron chi connectivity index (χ4n) is 4.00. The third-order valence-corrected chi connectivity index (χ3v) is 5.23. The summed E-state index contributed by atoms with van der Waals surface area (Å²) in [6.07, 6.45) is -1.41. The third-order valence-electron chi connectivity index (χ3n) is 5.23. The van der Waals surface area contributed by atoms with Gasteiger partial charge in [0.25, 0.3) is 17.5 Å². The van der Waals surface area contributed by atoms with E-state index in [0.29, 0.717) is 12.2 Å². The van der Waals surface area contributed by atoms with Crippen LogP contribution in [-0.4, -0.2) is 41.0 Å². The lowest BCUT2D eigenvalue weighted by Gasteiger charge is -2.45. The Morgan fingerprint density at radius 2 is 1.70 bits per heavy atom. The van der Waals surface area contributed by atoms with E-state index in [0.717, 1.165) is 5.56 Å². The van der Waals surface area contributed by atoms with Gasteiger partial charge in [-0.15, -0.1) is 0 Å². The molecule has 3 saturated heterocycles. The quantitative estimate of drug-likeness (QED) is 0.610. The number of ether oxygens (including phenoxy) is 3. The smallest absolute Gasteiger partial charge is 0.280 e. The third kappa shape index (κ3) is 2.38. The number of carbonyl (C=O) groups is 1. The lowest BCUT2D eigenvalue weighted by atomic mass is 9.99. The second-order valence-corrected chi connectivity index (χ2v) is 6.79. The van der Waals surface area contributed by atoms with Crippen molar-refractivity contribution < 1.29 is 23.9 Å². The topological polar surface area (TPSA) is 91.1 Å². The van der Waals surface area contributed by atoms with Gasteiger partial charge in [-0.3, -0.25) is 19.8 Å². The Balaban J connectivity index is 1.46. The molecule has 8 heteroatoms. The maximum atomic E-state index is 13.1. The lowest BCUT2D eigenvalue weighted by molar-refractivity contribution is -0.384. The van der Waals surface area contributed by atoms with Crippen LogP contribution < -0.4 is 0 Å². The number of nitrogens with zero attached hydrogens (tertiary/aromatic N) is 2. The van der Waals surface area contributed by atoms with Crippen LogP contribution in [0.25, 0.3) is 0 Å². The normalized spacial score (nSPS) is 31.8. The van der Waals surface area contributed by atoms with Gasteiger partial charge in [0, 0.05) is 12.1 Å². The number of benzene rings is 2. The highest BCUT2D eigenvalue weighted by Crippen LogP contribution is 2.52. The Labute approximate surface area is 154 Å². The van der Waals surface area contributed by atoms with Crippen molar-refractivity contribution >= 4 is 11.6 Å². The molecule has 3 heterocycles. The van der Waals surface area contributed by atoms with Gasteiger partial charge in [0.05, 0.1) is 17.6 Å². The number of carbonyl (C=O) groups excluding carboxylic acids is 1. The summed E-state index contributed by atoms with van der Waals surface area (Å²) in [5.74, 6) is -1.41. The molecular formula is C19H16N2O6. The molecule has 4 atom stereocenters. The van der Waals surface area contributed by atoms with Gasteiger partial charge in [-0.25, -0.2) is 0 Å². The molecule has 0 saturated carbocycles. The summed E-state index contributed by atoms with van der Waals surface area (Å²) in [4.78, 5) is 25.1. The molecule has 0 aliphatic carbocycles. The van der Waals surface area contributed by atoms with Crippen LogP contribution >= 0.6 is 0 Å². The molecule has 27 heavy (non-hydrogen) atoms. The summed E-state index contributed by atoms with van der Waals surface area (Å²) in [5, 5.41) is 10.8. The zero-order valence-corrected chi connectivity index (χ0v) is 14.2. The molecule has 2 aromatic carbocycles. The molecule has 3 aliphatic rings. The summed E-state index contributed by atoms with van der Waals surface area (Å²) < 4.78 is 17.8. The van der Waals surface area contributed by atoms with Crippen molar-refractivity contribution in [2.24, 2.45) is 0 Å². The van der Waals surface area contributed by atoms with E-state index in [4.69, 9.17) is 14.2 Å². The van der Waals surface area contributed by atoms with Gasteiger partial charge in [0.2, 0.25) is 0 Å². The number of fused-ring (bicyclic) bond motifs is 1. The van der Waals surface area contributed by atoms with E-state index in [1.807, 2.05) is 30.3 Å².